The summed E-state index contributed by atoms with van der Waals surface area (Å²) < 4.78 is 5.87. The minimum Gasteiger partial charge on any atom is -0.473 e. The Bertz CT molecular complexity index is 546. The zero-order valence-electron chi connectivity index (χ0n) is 16.5. The third-order valence-corrected chi connectivity index (χ3v) is 6.75. The summed E-state index contributed by atoms with van der Waals surface area (Å²) in [4.78, 5) is 17.0. The zero-order valence-corrected chi connectivity index (χ0v) is 17.3. The van der Waals surface area contributed by atoms with Crippen LogP contribution in [0.1, 0.15) is 87.4 Å². The zero-order chi connectivity index (χ0) is 18.7. The fourth-order valence-electron chi connectivity index (χ4n) is 3.94. The minimum absolute atomic E-state index is 0.00238. The largest absolute Gasteiger partial charge is 0.473 e. The number of ether oxygens (including phenoxy) is 1. The number of pyridine rings is 1. The quantitative estimate of drug-likeness (QED) is 0.751. The van der Waals surface area contributed by atoms with Crippen LogP contribution in [0.2, 0.25) is 0 Å². The monoisotopic (exact) mass is 390 g/mol. The Labute approximate surface area is 168 Å². The number of hydrogen-bond acceptors (Lipinski definition) is 4. The number of nitrogens with zero attached hydrogens (tertiary/aromatic N) is 1. The summed E-state index contributed by atoms with van der Waals surface area (Å²) in [6.07, 6.45) is 17.0. The Kier molecular flexibility index (Phi) is 8.79. The van der Waals surface area contributed by atoms with Crippen LogP contribution in [0.4, 0.5) is 0 Å². The van der Waals surface area contributed by atoms with Crippen LogP contribution < -0.4 is 10.1 Å². The van der Waals surface area contributed by atoms with Gasteiger partial charge < -0.3 is 10.1 Å². The van der Waals surface area contributed by atoms with Gasteiger partial charge in [0.1, 0.15) is 6.10 Å². The standard InChI is InChI=1S/C22H34N2O2S/c25-22(18-12-13-21(23-16-18)26-20-14-15-27-17-20)24-19-10-8-6-4-2-1-3-5-7-9-11-19/h12-13,16,19-20H,1-11,14-15,17H2,(H,24,25). The third-order valence-electron chi connectivity index (χ3n) is 5.61. The second-order valence-corrected chi connectivity index (χ2v) is 9.07. The summed E-state index contributed by atoms with van der Waals surface area (Å²) in [5.41, 5.74) is 0.634. The molecule has 1 aromatic rings. The van der Waals surface area contributed by atoms with Gasteiger partial charge in [-0.15, -0.1) is 0 Å². The van der Waals surface area contributed by atoms with Crippen LogP contribution in [0.5, 0.6) is 5.88 Å². The van der Waals surface area contributed by atoms with Gasteiger partial charge in [-0.1, -0.05) is 57.8 Å². The van der Waals surface area contributed by atoms with Crippen molar-refractivity contribution in [3.05, 3.63) is 23.9 Å². The molecular formula is C22H34N2O2S. The normalized spacial score (nSPS) is 23.2. The van der Waals surface area contributed by atoms with Crippen molar-refractivity contribution < 1.29 is 9.53 Å². The average Bonchev–Trinajstić information content (AvgIpc) is 3.17. The van der Waals surface area contributed by atoms with Crippen molar-refractivity contribution in [3.8, 4) is 5.88 Å². The molecule has 2 aliphatic rings. The molecule has 27 heavy (non-hydrogen) atoms. The van der Waals surface area contributed by atoms with Crippen molar-refractivity contribution in [1.29, 1.82) is 0 Å². The van der Waals surface area contributed by atoms with Gasteiger partial charge in [-0.3, -0.25) is 4.79 Å². The molecule has 150 valence electrons. The second kappa shape index (κ2) is 11.6. The molecule has 1 amide bonds. The van der Waals surface area contributed by atoms with Crippen LogP contribution in [0.25, 0.3) is 0 Å². The Morgan fingerprint density at radius 2 is 1.63 bits per heavy atom. The number of rotatable bonds is 4. The summed E-state index contributed by atoms with van der Waals surface area (Å²) in [5, 5.41) is 3.26. The maximum Gasteiger partial charge on any atom is 0.253 e. The molecule has 0 bridgehead atoms. The number of aromatic nitrogens is 1. The van der Waals surface area contributed by atoms with E-state index in [1.165, 1.54) is 57.8 Å². The molecule has 1 N–H and O–H groups in total. The fraction of sp³-hybridized carbons (Fsp3) is 0.727. The van der Waals surface area contributed by atoms with E-state index < -0.39 is 0 Å². The fourth-order valence-corrected chi connectivity index (χ4v) is 5.03. The van der Waals surface area contributed by atoms with E-state index in [-0.39, 0.29) is 12.0 Å². The van der Waals surface area contributed by atoms with E-state index in [9.17, 15) is 4.79 Å². The van der Waals surface area contributed by atoms with Gasteiger partial charge >= 0.3 is 0 Å². The first-order valence-electron chi connectivity index (χ1n) is 10.8. The number of hydrogen-bond donors (Lipinski definition) is 1. The minimum atomic E-state index is 0.00238. The van der Waals surface area contributed by atoms with E-state index in [2.05, 4.69) is 10.3 Å². The van der Waals surface area contributed by atoms with Crippen LogP contribution >= 0.6 is 11.8 Å². The molecule has 1 aliphatic heterocycles. The first kappa shape index (κ1) is 20.5. The predicted molar refractivity (Wildman–Crippen MR) is 113 cm³/mol. The highest BCUT2D eigenvalue weighted by atomic mass is 32.2. The van der Waals surface area contributed by atoms with Crippen molar-refractivity contribution in [3.63, 3.8) is 0 Å². The van der Waals surface area contributed by atoms with E-state index in [1.807, 2.05) is 23.9 Å². The van der Waals surface area contributed by atoms with E-state index in [0.717, 1.165) is 30.8 Å². The van der Waals surface area contributed by atoms with Crippen molar-refractivity contribution in [1.82, 2.24) is 10.3 Å². The highest BCUT2D eigenvalue weighted by molar-refractivity contribution is 7.99. The number of thioether (sulfide) groups is 1. The Morgan fingerprint density at radius 3 is 2.19 bits per heavy atom. The molecule has 1 saturated heterocycles. The topological polar surface area (TPSA) is 51.2 Å². The van der Waals surface area contributed by atoms with Gasteiger partial charge in [-0.05, 0) is 31.1 Å². The molecule has 1 aliphatic carbocycles. The van der Waals surface area contributed by atoms with Crippen molar-refractivity contribution in [2.45, 2.75) is 89.2 Å². The van der Waals surface area contributed by atoms with Gasteiger partial charge in [0.25, 0.3) is 5.91 Å². The van der Waals surface area contributed by atoms with E-state index >= 15 is 0 Å². The Hall–Kier alpha value is -1.23. The molecule has 3 rings (SSSR count). The molecule has 5 heteroatoms. The smallest absolute Gasteiger partial charge is 0.253 e. The van der Waals surface area contributed by atoms with E-state index in [4.69, 9.17) is 4.74 Å². The number of carbonyl (C=O) groups excluding carboxylic acids is 1. The lowest BCUT2D eigenvalue weighted by Gasteiger charge is -2.19. The van der Waals surface area contributed by atoms with Gasteiger partial charge in [0, 0.05) is 24.1 Å². The lowest BCUT2D eigenvalue weighted by atomic mass is 9.98. The van der Waals surface area contributed by atoms with Crippen LogP contribution in [-0.2, 0) is 0 Å². The summed E-state index contributed by atoms with van der Waals surface area (Å²) in [5.74, 6) is 2.82. The maximum atomic E-state index is 12.6. The first-order chi connectivity index (χ1) is 13.3. The summed E-state index contributed by atoms with van der Waals surface area (Å²) >= 11 is 1.92. The van der Waals surface area contributed by atoms with Crippen LogP contribution in [0.3, 0.4) is 0 Å². The van der Waals surface area contributed by atoms with Crippen molar-refractivity contribution >= 4 is 17.7 Å². The van der Waals surface area contributed by atoms with E-state index in [0.29, 0.717) is 17.5 Å². The molecule has 0 radical (unpaired) electrons. The molecule has 2 heterocycles. The number of carbonyl (C=O) groups is 1. The van der Waals surface area contributed by atoms with Gasteiger partial charge in [-0.25, -0.2) is 4.98 Å². The lowest BCUT2D eigenvalue weighted by Crippen LogP contribution is -2.35. The van der Waals surface area contributed by atoms with E-state index in [1.54, 1.807) is 6.20 Å². The van der Waals surface area contributed by atoms with Gasteiger partial charge in [-0.2, -0.15) is 11.8 Å². The summed E-state index contributed by atoms with van der Waals surface area (Å²) in [7, 11) is 0. The molecule has 0 aromatic carbocycles. The summed E-state index contributed by atoms with van der Waals surface area (Å²) in [6, 6.07) is 3.97. The predicted octanol–water partition coefficient (Wildman–Crippen LogP) is 5.37. The van der Waals surface area contributed by atoms with Crippen LogP contribution in [-0.4, -0.2) is 34.5 Å². The van der Waals surface area contributed by atoms with Gasteiger partial charge in [0.15, 0.2) is 0 Å². The molecule has 2 fully saturated rings. The van der Waals surface area contributed by atoms with Gasteiger partial charge in [0.2, 0.25) is 5.88 Å². The maximum absolute atomic E-state index is 12.6. The Morgan fingerprint density at radius 1 is 0.963 bits per heavy atom. The van der Waals surface area contributed by atoms with Crippen LogP contribution in [0.15, 0.2) is 18.3 Å². The molecule has 0 spiro atoms. The molecule has 1 unspecified atom stereocenters. The second-order valence-electron chi connectivity index (χ2n) is 7.92. The molecule has 4 nitrogen and oxygen atoms in total. The van der Waals surface area contributed by atoms with Crippen LogP contribution in [0, 0.1) is 0 Å². The molecule has 1 saturated carbocycles. The highest BCUT2D eigenvalue weighted by Crippen LogP contribution is 2.22. The highest BCUT2D eigenvalue weighted by Gasteiger charge is 2.18. The molecular weight excluding hydrogens is 356 g/mol. The summed E-state index contributed by atoms with van der Waals surface area (Å²) in [6.45, 7) is 0. The van der Waals surface area contributed by atoms with Crippen molar-refractivity contribution in [2.75, 3.05) is 11.5 Å². The lowest BCUT2D eigenvalue weighted by molar-refractivity contribution is 0.0931. The van der Waals surface area contributed by atoms with Crippen molar-refractivity contribution in [2.24, 2.45) is 0 Å². The molecule has 1 atom stereocenters. The average molecular weight is 391 g/mol. The number of amides is 1. The first-order valence-corrected chi connectivity index (χ1v) is 12.0. The number of nitrogens with one attached hydrogen (secondary N) is 1. The molecule has 1 aromatic heterocycles. The van der Waals surface area contributed by atoms with Gasteiger partial charge in [0.05, 0.1) is 5.56 Å². The third kappa shape index (κ3) is 7.36. The SMILES string of the molecule is O=C(NC1CCCCCCCCCCC1)c1ccc(OC2CCSC2)nc1. The Balaban J connectivity index is 1.49.